The number of methoxy groups -OCH3 is 1. The van der Waals surface area contributed by atoms with Crippen LogP contribution in [0, 0.1) is 5.92 Å². The highest BCUT2D eigenvalue weighted by molar-refractivity contribution is 6.09. The molecule has 174 valence electrons. The Morgan fingerprint density at radius 2 is 1.81 bits per heavy atom. The van der Waals surface area contributed by atoms with Crippen molar-refractivity contribution in [1.29, 1.82) is 0 Å². The lowest BCUT2D eigenvalue weighted by atomic mass is 9.75. The number of benzene rings is 1. The molecule has 1 saturated carbocycles. The van der Waals surface area contributed by atoms with Gasteiger partial charge >= 0.3 is 6.03 Å². The van der Waals surface area contributed by atoms with E-state index in [1.165, 1.54) is 0 Å². The van der Waals surface area contributed by atoms with E-state index in [2.05, 4.69) is 17.1 Å². The molecule has 1 N–H and O–H groups in total. The molecule has 0 aromatic heterocycles. The van der Waals surface area contributed by atoms with E-state index in [0.29, 0.717) is 38.4 Å². The number of amides is 4. The number of urea groups is 1. The van der Waals surface area contributed by atoms with Crippen molar-refractivity contribution in [2.75, 3.05) is 44.7 Å². The molecule has 3 aliphatic rings. The molecule has 8 heteroatoms. The van der Waals surface area contributed by atoms with Gasteiger partial charge in [-0.25, -0.2) is 4.79 Å². The van der Waals surface area contributed by atoms with E-state index < -0.39 is 11.6 Å². The Labute approximate surface area is 189 Å². The first-order chi connectivity index (χ1) is 15.5. The van der Waals surface area contributed by atoms with Crippen LogP contribution in [-0.4, -0.2) is 73.0 Å². The molecule has 3 fully saturated rings. The van der Waals surface area contributed by atoms with Crippen molar-refractivity contribution in [1.82, 2.24) is 15.1 Å². The molecule has 0 unspecified atom stereocenters. The molecule has 2 saturated heterocycles. The number of hydrogen-bond acceptors (Lipinski definition) is 5. The summed E-state index contributed by atoms with van der Waals surface area (Å²) in [4.78, 5) is 43.9. The monoisotopic (exact) mass is 442 g/mol. The largest absolute Gasteiger partial charge is 0.497 e. The third-order valence-electron chi connectivity index (χ3n) is 7.36. The summed E-state index contributed by atoms with van der Waals surface area (Å²) < 4.78 is 5.23. The number of nitrogens with zero attached hydrogens (tertiary/aromatic N) is 3. The van der Waals surface area contributed by atoms with Gasteiger partial charge < -0.3 is 19.9 Å². The highest BCUT2D eigenvalue weighted by Gasteiger charge is 2.52. The normalized spacial score (nSPS) is 26.3. The zero-order valence-electron chi connectivity index (χ0n) is 19.1. The van der Waals surface area contributed by atoms with Crippen molar-refractivity contribution in [3.8, 4) is 5.75 Å². The second-order valence-electron chi connectivity index (χ2n) is 9.17. The topological polar surface area (TPSA) is 82.2 Å². The molecule has 1 aliphatic carbocycles. The smallest absolute Gasteiger partial charge is 0.325 e. The van der Waals surface area contributed by atoms with Crippen molar-refractivity contribution < 1.29 is 19.1 Å². The molecule has 1 spiro atoms. The maximum absolute atomic E-state index is 13.1. The standard InChI is InChI=1S/C24H34N4O4/c1-3-18-9-11-24(12-10-18)22(30)28(23(31)25-24)17-21(29)27-14-4-13-26(15-16-27)19-5-7-20(32-2)8-6-19/h5-8,18H,3-4,9-17H2,1-2H3,(H,25,31). The number of carbonyl (C=O) groups excluding carboxylic acids is 3. The van der Waals surface area contributed by atoms with Crippen LogP contribution in [0.25, 0.3) is 0 Å². The van der Waals surface area contributed by atoms with Gasteiger partial charge in [-0.3, -0.25) is 14.5 Å². The minimum atomic E-state index is -0.799. The summed E-state index contributed by atoms with van der Waals surface area (Å²) in [6, 6.07) is 7.50. The van der Waals surface area contributed by atoms with Crippen LogP contribution >= 0.6 is 0 Å². The zero-order valence-corrected chi connectivity index (χ0v) is 19.1. The molecule has 2 aliphatic heterocycles. The first-order valence-corrected chi connectivity index (χ1v) is 11.8. The van der Waals surface area contributed by atoms with Gasteiger partial charge in [0.15, 0.2) is 0 Å². The van der Waals surface area contributed by atoms with E-state index >= 15 is 0 Å². The van der Waals surface area contributed by atoms with Gasteiger partial charge in [0, 0.05) is 31.9 Å². The summed E-state index contributed by atoms with van der Waals surface area (Å²) in [6.45, 7) is 4.74. The van der Waals surface area contributed by atoms with Crippen LogP contribution in [0.3, 0.4) is 0 Å². The number of imide groups is 1. The van der Waals surface area contributed by atoms with Crippen molar-refractivity contribution in [3.63, 3.8) is 0 Å². The predicted octanol–water partition coefficient (Wildman–Crippen LogP) is 2.62. The van der Waals surface area contributed by atoms with Gasteiger partial charge in [-0.1, -0.05) is 13.3 Å². The Kier molecular flexibility index (Phi) is 6.58. The van der Waals surface area contributed by atoms with Crippen molar-refractivity contribution in [2.24, 2.45) is 5.92 Å². The Balaban J connectivity index is 1.34. The van der Waals surface area contributed by atoms with Crippen LogP contribution in [-0.2, 0) is 9.59 Å². The number of rotatable bonds is 5. The molecule has 8 nitrogen and oxygen atoms in total. The van der Waals surface area contributed by atoms with Crippen molar-refractivity contribution >= 4 is 23.5 Å². The number of anilines is 1. The Hall–Kier alpha value is -2.77. The molecule has 32 heavy (non-hydrogen) atoms. The lowest BCUT2D eigenvalue weighted by Crippen LogP contribution is -2.50. The van der Waals surface area contributed by atoms with Gasteiger partial charge in [-0.15, -0.1) is 0 Å². The Morgan fingerprint density at radius 1 is 1.09 bits per heavy atom. The quantitative estimate of drug-likeness (QED) is 0.709. The van der Waals surface area contributed by atoms with Gasteiger partial charge in [0.25, 0.3) is 5.91 Å². The molecule has 2 heterocycles. The van der Waals surface area contributed by atoms with Gasteiger partial charge in [-0.2, -0.15) is 0 Å². The SMILES string of the molecule is CCC1CCC2(CC1)NC(=O)N(CC(=O)N1CCCN(c3ccc(OC)cc3)CC1)C2=O. The van der Waals surface area contributed by atoms with E-state index in [1.807, 2.05) is 24.3 Å². The number of hydrogen-bond donors (Lipinski definition) is 1. The molecule has 1 aromatic carbocycles. The molecular formula is C24H34N4O4. The van der Waals surface area contributed by atoms with Gasteiger partial charge in [0.1, 0.15) is 17.8 Å². The zero-order chi connectivity index (χ0) is 22.7. The fourth-order valence-electron chi connectivity index (χ4n) is 5.19. The first kappa shape index (κ1) is 22.4. The van der Waals surface area contributed by atoms with Crippen molar-refractivity contribution in [2.45, 2.75) is 51.0 Å². The lowest BCUT2D eigenvalue weighted by molar-refractivity contribution is -0.139. The summed E-state index contributed by atoms with van der Waals surface area (Å²) in [5.74, 6) is 1.05. The third-order valence-corrected chi connectivity index (χ3v) is 7.36. The fourth-order valence-corrected chi connectivity index (χ4v) is 5.19. The van der Waals surface area contributed by atoms with Gasteiger partial charge in [0.05, 0.1) is 7.11 Å². The van der Waals surface area contributed by atoms with E-state index in [1.54, 1.807) is 12.0 Å². The van der Waals surface area contributed by atoms with Crippen molar-refractivity contribution in [3.05, 3.63) is 24.3 Å². The van der Waals surface area contributed by atoms with Crippen LogP contribution in [0.4, 0.5) is 10.5 Å². The Bertz CT molecular complexity index is 848. The first-order valence-electron chi connectivity index (χ1n) is 11.8. The predicted molar refractivity (Wildman–Crippen MR) is 122 cm³/mol. The summed E-state index contributed by atoms with van der Waals surface area (Å²) in [5, 5.41) is 2.92. The van der Waals surface area contributed by atoms with Crippen LogP contribution in [0.1, 0.15) is 45.4 Å². The molecule has 4 rings (SSSR count). The Morgan fingerprint density at radius 3 is 2.47 bits per heavy atom. The van der Waals surface area contributed by atoms with Gasteiger partial charge in [-0.05, 0) is 62.3 Å². The molecule has 1 aromatic rings. The molecule has 0 radical (unpaired) electrons. The highest BCUT2D eigenvalue weighted by Crippen LogP contribution is 2.37. The van der Waals surface area contributed by atoms with E-state index in [-0.39, 0.29) is 18.4 Å². The second-order valence-corrected chi connectivity index (χ2v) is 9.17. The lowest BCUT2D eigenvalue weighted by Gasteiger charge is -2.34. The average Bonchev–Trinajstić information content (AvgIpc) is 2.99. The third kappa shape index (κ3) is 4.40. The van der Waals surface area contributed by atoms with E-state index in [4.69, 9.17) is 4.74 Å². The van der Waals surface area contributed by atoms with Crippen LogP contribution in [0.15, 0.2) is 24.3 Å². The summed E-state index contributed by atoms with van der Waals surface area (Å²) in [5.41, 5.74) is 0.298. The molecule has 0 bridgehead atoms. The minimum Gasteiger partial charge on any atom is -0.497 e. The van der Waals surface area contributed by atoms with E-state index in [0.717, 1.165) is 48.6 Å². The number of carbonyl (C=O) groups is 3. The second kappa shape index (κ2) is 9.38. The van der Waals surface area contributed by atoms with Crippen LogP contribution in [0.5, 0.6) is 5.75 Å². The number of nitrogens with one attached hydrogen (secondary N) is 1. The summed E-state index contributed by atoms with van der Waals surface area (Å²) in [6.07, 6.45) is 5.15. The fraction of sp³-hybridized carbons (Fsp3) is 0.625. The summed E-state index contributed by atoms with van der Waals surface area (Å²) >= 11 is 0. The summed E-state index contributed by atoms with van der Waals surface area (Å²) in [7, 11) is 1.65. The van der Waals surface area contributed by atoms with Crippen LogP contribution < -0.4 is 15.0 Å². The molecule has 0 atom stereocenters. The number of ether oxygens (including phenoxy) is 1. The van der Waals surface area contributed by atoms with Crippen LogP contribution in [0.2, 0.25) is 0 Å². The minimum absolute atomic E-state index is 0.163. The maximum Gasteiger partial charge on any atom is 0.325 e. The molecular weight excluding hydrogens is 408 g/mol. The average molecular weight is 443 g/mol. The molecule has 4 amide bonds. The van der Waals surface area contributed by atoms with E-state index in [9.17, 15) is 14.4 Å². The highest BCUT2D eigenvalue weighted by atomic mass is 16.5. The maximum atomic E-state index is 13.1. The van der Waals surface area contributed by atoms with Gasteiger partial charge in [0.2, 0.25) is 5.91 Å².